The highest BCUT2D eigenvalue weighted by atomic mass is 19.1. The molecule has 0 bridgehead atoms. The summed E-state index contributed by atoms with van der Waals surface area (Å²) in [6, 6.07) is 19.1. The average molecular weight is 442 g/mol. The van der Waals surface area contributed by atoms with Crippen molar-refractivity contribution in [1.82, 2.24) is 20.0 Å². The molecular weight excluding hydrogens is 427 g/mol. The number of fused-ring (bicyclic) bond motifs is 1. The maximum Gasteiger partial charge on any atom is 0.335 e. The minimum Gasteiger partial charge on any atom is -0.505 e. The zero-order valence-electron chi connectivity index (χ0n) is 16.9. The molecule has 2 heterocycles. The van der Waals surface area contributed by atoms with Crippen molar-refractivity contribution in [3.63, 3.8) is 0 Å². The molecule has 0 fully saturated rings. The number of hydrogen-bond acceptors (Lipinski definition) is 6. The third kappa shape index (κ3) is 3.94. The molecule has 0 unspecified atom stereocenters. The van der Waals surface area contributed by atoms with Gasteiger partial charge in [0.05, 0.1) is 28.7 Å². The molecule has 0 aliphatic carbocycles. The Bertz CT molecular complexity index is 1520. The van der Waals surface area contributed by atoms with E-state index in [0.29, 0.717) is 34.1 Å². The highest BCUT2D eigenvalue weighted by Crippen LogP contribution is 2.31. The number of aromatic nitrogens is 4. The molecule has 33 heavy (non-hydrogen) atoms. The number of phenols is 1. The molecule has 0 saturated carbocycles. The van der Waals surface area contributed by atoms with E-state index in [0.717, 1.165) is 11.5 Å². The van der Waals surface area contributed by atoms with Gasteiger partial charge in [0.15, 0.2) is 11.6 Å². The minimum absolute atomic E-state index is 0.129. The molecule has 0 radical (unpaired) electrons. The van der Waals surface area contributed by atoms with Gasteiger partial charge in [-0.05, 0) is 54.6 Å². The van der Waals surface area contributed by atoms with Crippen LogP contribution in [-0.2, 0) is 0 Å². The Morgan fingerprint density at radius 2 is 1.82 bits per heavy atom. The quantitative estimate of drug-likeness (QED) is 0.402. The number of phenolic OH excluding ortho intramolecular Hbond substituents is 1. The van der Waals surface area contributed by atoms with E-state index in [4.69, 9.17) is 4.74 Å². The van der Waals surface area contributed by atoms with Crippen molar-refractivity contribution in [3.8, 4) is 34.3 Å². The molecule has 0 amide bonds. The van der Waals surface area contributed by atoms with E-state index < -0.39 is 17.5 Å². The molecule has 9 heteroatoms. The molecule has 8 nitrogen and oxygen atoms in total. The van der Waals surface area contributed by atoms with Gasteiger partial charge in [0, 0.05) is 11.5 Å². The van der Waals surface area contributed by atoms with Gasteiger partial charge in [0.1, 0.15) is 17.2 Å². The Kier molecular flexibility index (Phi) is 4.91. The molecule has 0 atom stereocenters. The molecule has 0 saturated heterocycles. The summed E-state index contributed by atoms with van der Waals surface area (Å²) < 4.78 is 21.0. The van der Waals surface area contributed by atoms with Crippen LogP contribution in [0.25, 0.3) is 28.0 Å². The first-order chi connectivity index (χ1) is 16.0. The lowest BCUT2D eigenvalue weighted by Gasteiger charge is -2.10. The van der Waals surface area contributed by atoms with Crippen molar-refractivity contribution in [2.45, 2.75) is 0 Å². The van der Waals surface area contributed by atoms with E-state index in [-0.39, 0.29) is 5.56 Å². The summed E-state index contributed by atoms with van der Waals surface area (Å²) in [5, 5.41) is 27.4. The molecule has 2 N–H and O–H groups in total. The van der Waals surface area contributed by atoms with Gasteiger partial charge in [-0.1, -0.05) is 17.3 Å². The lowest BCUT2D eigenvalue weighted by Crippen LogP contribution is -1.96. The van der Waals surface area contributed by atoms with Gasteiger partial charge in [-0.15, -0.1) is 5.10 Å². The largest absolute Gasteiger partial charge is 0.505 e. The van der Waals surface area contributed by atoms with Crippen LogP contribution in [0.15, 0.2) is 79.0 Å². The summed E-state index contributed by atoms with van der Waals surface area (Å²) in [4.78, 5) is 15.8. The second-order valence-electron chi connectivity index (χ2n) is 7.14. The van der Waals surface area contributed by atoms with Crippen molar-refractivity contribution in [2.24, 2.45) is 0 Å². The van der Waals surface area contributed by atoms with Gasteiger partial charge < -0.3 is 14.9 Å². The minimum atomic E-state index is -1.03. The molecule has 0 spiro atoms. The van der Waals surface area contributed by atoms with Gasteiger partial charge in [-0.25, -0.2) is 18.9 Å². The number of carboxylic acids is 1. The number of halogens is 1. The van der Waals surface area contributed by atoms with Gasteiger partial charge in [0.2, 0.25) is 0 Å². The third-order valence-corrected chi connectivity index (χ3v) is 4.95. The fourth-order valence-electron chi connectivity index (χ4n) is 3.32. The standard InChI is InChI=1S/C24H15FN4O4/c25-18-12-15(7-10-22(18)30)29-13-21(27-28-29)20-9-8-17-19(26-20)5-2-6-23(17)33-16-4-1-3-14(11-16)24(31)32/h1-13,30H,(H,31,32). The number of aromatic carboxylic acids is 1. The Morgan fingerprint density at radius 3 is 2.64 bits per heavy atom. The van der Waals surface area contributed by atoms with Crippen LogP contribution in [-0.4, -0.2) is 36.2 Å². The maximum absolute atomic E-state index is 13.7. The normalized spacial score (nSPS) is 10.9. The summed E-state index contributed by atoms with van der Waals surface area (Å²) in [7, 11) is 0. The number of aromatic hydroxyl groups is 1. The van der Waals surface area contributed by atoms with E-state index in [1.807, 2.05) is 12.1 Å². The maximum atomic E-state index is 13.7. The lowest BCUT2D eigenvalue weighted by atomic mass is 10.1. The summed E-state index contributed by atoms with van der Waals surface area (Å²) in [6.45, 7) is 0. The van der Waals surface area contributed by atoms with Crippen LogP contribution in [0.5, 0.6) is 17.2 Å². The molecule has 162 valence electrons. The van der Waals surface area contributed by atoms with Crippen molar-refractivity contribution < 1.29 is 24.1 Å². The first kappa shape index (κ1) is 20.1. The van der Waals surface area contributed by atoms with Gasteiger partial charge in [-0.3, -0.25) is 0 Å². The Morgan fingerprint density at radius 1 is 0.970 bits per heavy atom. The van der Waals surface area contributed by atoms with Crippen LogP contribution in [0, 0.1) is 5.82 Å². The Balaban J connectivity index is 1.46. The summed E-state index contributed by atoms with van der Waals surface area (Å²) in [5.41, 5.74) is 2.21. The van der Waals surface area contributed by atoms with Crippen LogP contribution in [0.1, 0.15) is 10.4 Å². The van der Waals surface area contributed by atoms with E-state index >= 15 is 0 Å². The van der Waals surface area contributed by atoms with E-state index in [1.54, 1.807) is 36.5 Å². The lowest BCUT2D eigenvalue weighted by molar-refractivity contribution is 0.0696. The Hall–Kier alpha value is -4.79. The molecule has 5 rings (SSSR count). The fourth-order valence-corrected chi connectivity index (χ4v) is 3.32. The molecule has 0 aliphatic rings. The number of benzene rings is 3. The topological polar surface area (TPSA) is 110 Å². The fraction of sp³-hybridized carbons (Fsp3) is 0. The van der Waals surface area contributed by atoms with Crippen LogP contribution in [0.2, 0.25) is 0 Å². The van der Waals surface area contributed by atoms with Gasteiger partial charge in [0.25, 0.3) is 0 Å². The molecular formula is C24H15FN4O4. The zero-order chi connectivity index (χ0) is 22.9. The second-order valence-corrected chi connectivity index (χ2v) is 7.14. The van der Waals surface area contributed by atoms with Crippen LogP contribution >= 0.6 is 0 Å². The van der Waals surface area contributed by atoms with Crippen LogP contribution in [0.3, 0.4) is 0 Å². The zero-order valence-corrected chi connectivity index (χ0v) is 16.9. The van der Waals surface area contributed by atoms with Gasteiger partial charge in [-0.2, -0.15) is 0 Å². The molecule has 2 aromatic heterocycles. The van der Waals surface area contributed by atoms with Gasteiger partial charge >= 0.3 is 5.97 Å². The van der Waals surface area contributed by atoms with E-state index in [9.17, 15) is 19.4 Å². The molecule has 3 aromatic carbocycles. The number of hydrogen-bond donors (Lipinski definition) is 2. The average Bonchev–Trinajstić information content (AvgIpc) is 3.31. The monoisotopic (exact) mass is 442 g/mol. The molecule has 0 aliphatic heterocycles. The SMILES string of the molecule is O=C(O)c1cccc(Oc2cccc3nc(-c4cn(-c5ccc(O)c(F)c5)nn4)ccc23)c1. The number of pyridine rings is 1. The summed E-state index contributed by atoms with van der Waals surface area (Å²) in [6.07, 6.45) is 1.61. The highest BCUT2D eigenvalue weighted by Gasteiger charge is 2.12. The molecule has 5 aromatic rings. The Labute approximate surface area is 186 Å². The third-order valence-electron chi connectivity index (χ3n) is 4.95. The predicted octanol–water partition coefficient (Wildman–Crippen LogP) is 4.82. The van der Waals surface area contributed by atoms with Crippen LogP contribution in [0.4, 0.5) is 4.39 Å². The number of ether oxygens (including phenoxy) is 1. The number of nitrogens with zero attached hydrogens (tertiary/aromatic N) is 4. The van der Waals surface area contributed by atoms with Crippen molar-refractivity contribution in [1.29, 1.82) is 0 Å². The summed E-state index contributed by atoms with van der Waals surface area (Å²) >= 11 is 0. The van der Waals surface area contributed by atoms with Crippen molar-refractivity contribution in [2.75, 3.05) is 0 Å². The van der Waals surface area contributed by atoms with E-state index in [2.05, 4.69) is 15.3 Å². The van der Waals surface area contributed by atoms with E-state index in [1.165, 1.54) is 28.9 Å². The number of carboxylic acid groups (broad SMARTS) is 1. The first-order valence-corrected chi connectivity index (χ1v) is 9.80. The summed E-state index contributed by atoms with van der Waals surface area (Å²) in [5.74, 6) is -1.31. The van der Waals surface area contributed by atoms with Crippen molar-refractivity contribution in [3.05, 3.63) is 90.4 Å². The predicted molar refractivity (Wildman–Crippen MR) is 117 cm³/mol. The van der Waals surface area contributed by atoms with Crippen LogP contribution < -0.4 is 4.74 Å². The first-order valence-electron chi connectivity index (χ1n) is 9.80. The smallest absolute Gasteiger partial charge is 0.335 e. The number of rotatable bonds is 5. The highest BCUT2D eigenvalue weighted by molar-refractivity contribution is 5.89. The van der Waals surface area contributed by atoms with Crippen molar-refractivity contribution >= 4 is 16.9 Å². The second kappa shape index (κ2) is 8.04. The number of carbonyl (C=O) groups is 1.